The Kier molecular flexibility index (Phi) is 37.6. The number of fused-ring (bicyclic) bond motifs is 3. The van der Waals surface area contributed by atoms with Crippen molar-refractivity contribution in [3.8, 4) is 0 Å². The molecule has 124 heavy (non-hydrogen) atoms. The number of nitrogens with zero attached hydrogens (tertiary/aromatic N) is 9. The number of rotatable bonds is 42. The molecule has 5 heterocycles. The summed E-state index contributed by atoms with van der Waals surface area (Å²) in [6.07, 6.45) is 6.03. The van der Waals surface area contributed by atoms with E-state index >= 15 is 0 Å². The summed E-state index contributed by atoms with van der Waals surface area (Å²) in [5.74, 6) is -2.21. The van der Waals surface area contributed by atoms with Crippen molar-refractivity contribution in [1.29, 1.82) is 0 Å². The molecular weight excluding hydrogens is 1580 g/mol. The Morgan fingerprint density at radius 2 is 1.03 bits per heavy atom. The number of ether oxygens (including phenoxy) is 10. The van der Waals surface area contributed by atoms with Crippen LogP contribution in [0.15, 0.2) is 164 Å². The van der Waals surface area contributed by atoms with E-state index in [0.717, 1.165) is 67.4 Å². The molecule has 3 N–H and O–H groups in total. The molecule has 8 aromatic rings. The number of halogens is 1. The van der Waals surface area contributed by atoms with E-state index in [0.29, 0.717) is 117 Å². The van der Waals surface area contributed by atoms with Gasteiger partial charge >= 0.3 is 18.3 Å². The second-order valence-electron chi connectivity index (χ2n) is 34.8. The molecule has 672 valence electrons. The minimum absolute atomic E-state index is 0.0614. The SMILES string of the molecule is CNCCOCCOCCOCCN(C[C@@H](C(=O)Nc1ccc2cnccc2c1)c1ccccc1)C(=O)OC(C)(C)C.COC[C@H]1CN(C(=O)OC(C)(C)C)[C@H](C)CN1CC(=O)N1CC(C)(C)c2nc(CN(C)CCOCCOCCOCCN(C[C@@H](C(=O)Nc3ccc4cnccc4c3)c3ccccc3)C(=O)OC(C)(C)C)c(Cc3ccc(F)cc3)cc21. The van der Waals surface area contributed by atoms with Crippen LogP contribution in [-0.2, 0) is 80.1 Å². The van der Waals surface area contributed by atoms with Gasteiger partial charge in [0.05, 0.1) is 127 Å². The van der Waals surface area contributed by atoms with E-state index in [1.54, 1.807) is 69.7 Å². The van der Waals surface area contributed by atoms with Crippen molar-refractivity contribution in [3.63, 3.8) is 0 Å². The lowest BCUT2D eigenvalue weighted by Gasteiger charge is -2.45. The molecule has 4 atom stereocenters. The Balaban J connectivity index is 0.000000347. The number of nitrogens with one attached hydrogen (secondary N) is 3. The highest BCUT2D eigenvalue weighted by atomic mass is 19.1. The zero-order valence-corrected chi connectivity index (χ0v) is 75.0. The Labute approximate surface area is 730 Å². The third-order valence-electron chi connectivity index (χ3n) is 20.5. The fraction of sp³-hybridized carbons (Fsp3) is 0.505. The molecule has 0 saturated carbocycles. The number of aromatic nitrogens is 3. The standard InChI is InChI=1S/C63H85FN8O10.C32H44N4O6/c1-44-37-70(52(42-77-11)38-71(44)60(76)82-62(5,6)7)41-56(73)72-43-63(8,9)57-55(72)35-49(33-45-17-20-50(64)21-18-45)54(67-57)40-68(10)25-27-78-29-31-80-32-30-79-28-26-69(59(75)81-61(2,3)4)39-53(46-15-13-12-14-16-46)58(74)66-51-22-19-48-36-65-24-23-47(48)34-51;1-32(2,3)42-31(38)36(15-17-40-19-21-41-20-18-39-16-14-33-4)24-29(25-8-6-5-7-9-25)30(37)35-28-11-10-27-23-34-13-12-26(27)22-28/h12-24,34-36,44,52-53H,25-33,37-43H2,1-11H3,(H,66,74);5-13,22-23,29,33H,14-21,24H2,1-4H3,(H,35,37)/t44-,52-,53-;29-/m11/s1. The summed E-state index contributed by atoms with van der Waals surface area (Å²) < 4.78 is 71.3. The second kappa shape index (κ2) is 47.8. The fourth-order valence-corrected chi connectivity index (χ4v) is 14.3. The summed E-state index contributed by atoms with van der Waals surface area (Å²) in [5.41, 5.74) is 4.66. The first-order valence-corrected chi connectivity index (χ1v) is 42.7. The second-order valence-corrected chi connectivity index (χ2v) is 34.8. The van der Waals surface area contributed by atoms with Crippen LogP contribution in [0.3, 0.4) is 0 Å². The van der Waals surface area contributed by atoms with Crippen molar-refractivity contribution < 1.29 is 80.5 Å². The van der Waals surface area contributed by atoms with Gasteiger partial charge in [-0.3, -0.25) is 39.1 Å². The van der Waals surface area contributed by atoms with Crippen LogP contribution in [0, 0.1) is 5.82 Å². The molecule has 5 aromatic carbocycles. The predicted octanol–water partition coefficient (Wildman–Crippen LogP) is 13.5. The van der Waals surface area contributed by atoms with Gasteiger partial charge in [-0.05, 0) is 177 Å². The number of likely N-dealkylation sites (N-methyl/N-ethyl adjacent to an activating group) is 2. The van der Waals surface area contributed by atoms with Crippen LogP contribution in [0.25, 0.3) is 21.5 Å². The van der Waals surface area contributed by atoms with Crippen molar-refractivity contribution in [2.24, 2.45) is 0 Å². The van der Waals surface area contributed by atoms with Gasteiger partial charge < -0.3 is 82.9 Å². The summed E-state index contributed by atoms with van der Waals surface area (Å²) in [7, 11) is 5.51. The summed E-state index contributed by atoms with van der Waals surface area (Å²) in [5, 5.41) is 13.0. The number of amides is 6. The fourth-order valence-electron chi connectivity index (χ4n) is 14.3. The van der Waals surface area contributed by atoms with Crippen LogP contribution in [0.2, 0.25) is 0 Å². The zero-order valence-electron chi connectivity index (χ0n) is 75.0. The summed E-state index contributed by atoms with van der Waals surface area (Å²) >= 11 is 0. The van der Waals surface area contributed by atoms with Crippen molar-refractivity contribution in [1.82, 2.24) is 44.8 Å². The normalized spacial score (nSPS) is 15.2. The van der Waals surface area contributed by atoms with E-state index in [-0.39, 0.29) is 94.3 Å². The maximum atomic E-state index is 14.5. The first-order chi connectivity index (χ1) is 59.2. The maximum absolute atomic E-state index is 14.5. The molecule has 0 radical (unpaired) electrons. The van der Waals surface area contributed by atoms with Gasteiger partial charge in [0, 0.05) is 131 Å². The van der Waals surface area contributed by atoms with Gasteiger partial charge in [0.15, 0.2) is 0 Å². The quantitative estimate of drug-likeness (QED) is 0.0237. The lowest BCUT2D eigenvalue weighted by molar-refractivity contribution is -0.122. The topological polar surface area (TPSA) is 289 Å². The predicted molar refractivity (Wildman–Crippen MR) is 478 cm³/mol. The number of carbonyl (C=O) groups excluding carboxylic acids is 6. The molecule has 6 amide bonds. The smallest absolute Gasteiger partial charge is 0.410 e. The highest BCUT2D eigenvalue weighted by molar-refractivity contribution is 6.00. The number of hydrogen-bond acceptors (Lipinski definition) is 22. The highest BCUT2D eigenvalue weighted by Crippen LogP contribution is 2.42. The number of pyridine rings is 3. The van der Waals surface area contributed by atoms with E-state index in [1.165, 1.54) is 21.9 Å². The molecule has 10 rings (SSSR count). The van der Waals surface area contributed by atoms with Crippen LogP contribution < -0.4 is 20.9 Å². The molecular formula is C95H129FN12O16. The van der Waals surface area contributed by atoms with E-state index in [4.69, 9.17) is 52.4 Å². The van der Waals surface area contributed by atoms with Gasteiger partial charge in [0.2, 0.25) is 17.7 Å². The molecule has 2 aliphatic heterocycles. The van der Waals surface area contributed by atoms with Gasteiger partial charge in [-0.1, -0.05) is 98.8 Å². The number of methoxy groups -OCH3 is 1. The van der Waals surface area contributed by atoms with E-state index in [1.807, 2.05) is 177 Å². The lowest BCUT2D eigenvalue weighted by atomic mass is 9.90. The third kappa shape index (κ3) is 31.8. The van der Waals surface area contributed by atoms with Crippen molar-refractivity contribution in [2.45, 2.75) is 142 Å². The largest absolute Gasteiger partial charge is 0.444 e. The number of carbonyl (C=O) groups is 6. The minimum atomic E-state index is -0.756. The summed E-state index contributed by atoms with van der Waals surface area (Å²) in [6.45, 7) is 31.5. The summed E-state index contributed by atoms with van der Waals surface area (Å²) in [6, 6.07) is 42.1. The Morgan fingerprint density at radius 1 is 0.565 bits per heavy atom. The third-order valence-corrected chi connectivity index (χ3v) is 20.5. The van der Waals surface area contributed by atoms with Crippen molar-refractivity contribution in [3.05, 3.63) is 204 Å². The molecule has 28 nitrogen and oxygen atoms in total. The number of anilines is 3. The van der Waals surface area contributed by atoms with Crippen LogP contribution in [0.5, 0.6) is 0 Å². The molecule has 1 fully saturated rings. The van der Waals surface area contributed by atoms with Crippen molar-refractivity contribution >= 4 is 74.6 Å². The molecule has 3 aromatic heterocycles. The number of piperazine rings is 1. The van der Waals surface area contributed by atoms with Crippen LogP contribution in [0.4, 0.5) is 35.8 Å². The van der Waals surface area contributed by atoms with E-state index in [2.05, 4.69) is 55.6 Å². The molecule has 2 aliphatic rings. The lowest BCUT2D eigenvalue weighted by Crippen LogP contribution is -2.62. The number of benzene rings is 5. The average molecular weight is 1710 g/mol. The maximum Gasteiger partial charge on any atom is 0.410 e. The van der Waals surface area contributed by atoms with Gasteiger partial charge in [-0.2, -0.15) is 0 Å². The first-order valence-electron chi connectivity index (χ1n) is 42.7. The first kappa shape index (κ1) is 97.6. The van der Waals surface area contributed by atoms with Crippen LogP contribution in [0.1, 0.15) is 129 Å². The highest BCUT2D eigenvalue weighted by Gasteiger charge is 2.44. The summed E-state index contributed by atoms with van der Waals surface area (Å²) in [4.78, 5) is 107. The molecule has 0 unspecified atom stereocenters. The van der Waals surface area contributed by atoms with Crippen LogP contribution in [-0.4, -0.2) is 277 Å². The molecule has 29 heteroatoms. The molecule has 0 aliphatic carbocycles. The van der Waals surface area contributed by atoms with Gasteiger partial charge in [0.1, 0.15) is 22.6 Å². The van der Waals surface area contributed by atoms with Crippen LogP contribution >= 0.6 is 0 Å². The molecule has 0 bridgehead atoms. The monoisotopic (exact) mass is 1710 g/mol. The molecule has 1 saturated heterocycles. The minimum Gasteiger partial charge on any atom is -0.444 e. The van der Waals surface area contributed by atoms with Crippen molar-refractivity contribution in [2.75, 3.05) is 188 Å². The van der Waals surface area contributed by atoms with E-state index in [9.17, 15) is 33.2 Å². The van der Waals surface area contributed by atoms with E-state index < -0.39 is 46.2 Å². The van der Waals surface area contributed by atoms with Gasteiger partial charge in [0.25, 0.3) is 0 Å². The van der Waals surface area contributed by atoms with Gasteiger partial charge in [-0.15, -0.1) is 0 Å². The Morgan fingerprint density at radius 3 is 1.50 bits per heavy atom. The average Bonchev–Trinajstić information content (AvgIpc) is 1.59. The zero-order chi connectivity index (χ0) is 89.4. The number of hydrogen-bond donors (Lipinski definition) is 3. The van der Waals surface area contributed by atoms with Gasteiger partial charge in [-0.25, -0.2) is 18.8 Å². The Hall–Kier alpha value is -10.2. The Bertz CT molecular complexity index is 4690. The molecule has 0 spiro atoms.